The quantitative estimate of drug-likeness (QED) is 0.445. The van der Waals surface area contributed by atoms with Crippen LogP contribution < -0.4 is 10.1 Å². The van der Waals surface area contributed by atoms with Gasteiger partial charge in [0.2, 0.25) is 5.88 Å². The average Bonchev–Trinajstić information content (AvgIpc) is 3.46. The van der Waals surface area contributed by atoms with Gasteiger partial charge in [-0.3, -0.25) is 4.98 Å². The maximum Gasteiger partial charge on any atom is 0.299 e. The number of nitrogens with zero attached hydrogens (tertiary/aromatic N) is 2. The highest BCUT2D eigenvalue weighted by Crippen LogP contribution is 2.52. The predicted octanol–water partition coefficient (Wildman–Crippen LogP) is 5.23. The summed E-state index contributed by atoms with van der Waals surface area (Å²) >= 11 is 0. The summed E-state index contributed by atoms with van der Waals surface area (Å²) in [6, 6.07) is 1.98. The molecule has 0 amide bonds. The summed E-state index contributed by atoms with van der Waals surface area (Å²) in [6.45, 7) is 9.77. The molecule has 1 aliphatic rings. The number of rotatable bonds is 9. The van der Waals surface area contributed by atoms with E-state index in [0.29, 0.717) is 22.9 Å². The Morgan fingerprint density at radius 3 is 2.67 bits per heavy atom. The van der Waals surface area contributed by atoms with Crippen LogP contribution in [-0.4, -0.2) is 22.5 Å². The van der Waals surface area contributed by atoms with Crippen molar-refractivity contribution in [2.24, 2.45) is 5.92 Å². The average molecular weight is 421 g/mol. The highest BCUT2D eigenvalue weighted by Gasteiger charge is 2.43. The SMILES string of the molecule is C=CC(F)(F)COc1cnc([C@@H](C)NC(=C)C2C[C@H]2c2c(C)cc(F)cc2F)cn1. The monoisotopic (exact) mass is 421 g/mol. The second kappa shape index (κ2) is 8.45. The van der Waals surface area contributed by atoms with Crippen LogP contribution in [-0.2, 0) is 0 Å². The lowest BCUT2D eigenvalue weighted by atomic mass is 10.0. The molecule has 30 heavy (non-hydrogen) atoms. The first-order chi connectivity index (χ1) is 14.1. The Morgan fingerprint density at radius 2 is 2.07 bits per heavy atom. The fourth-order valence-corrected chi connectivity index (χ4v) is 3.39. The molecule has 8 heteroatoms. The van der Waals surface area contributed by atoms with Crippen LogP contribution in [0.4, 0.5) is 17.6 Å². The van der Waals surface area contributed by atoms with Crippen LogP contribution in [0.5, 0.6) is 5.88 Å². The Bertz CT molecular complexity index is 923. The molecule has 1 unspecified atom stereocenters. The summed E-state index contributed by atoms with van der Waals surface area (Å²) in [5.41, 5.74) is 2.41. The van der Waals surface area contributed by atoms with E-state index >= 15 is 0 Å². The first-order valence-electron chi connectivity index (χ1n) is 9.48. The van der Waals surface area contributed by atoms with Gasteiger partial charge in [0.25, 0.3) is 5.92 Å². The van der Waals surface area contributed by atoms with Crippen LogP contribution in [0.1, 0.15) is 42.1 Å². The Balaban J connectivity index is 1.57. The summed E-state index contributed by atoms with van der Waals surface area (Å²) in [7, 11) is 0. The Hall–Kier alpha value is -2.90. The summed E-state index contributed by atoms with van der Waals surface area (Å²) in [5.74, 6) is -4.30. The zero-order valence-corrected chi connectivity index (χ0v) is 16.8. The molecule has 0 saturated heterocycles. The summed E-state index contributed by atoms with van der Waals surface area (Å²) < 4.78 is 58.7. The highest BCUT2D eigenvalue weighted by molar-refractivity contribution is 5.38. The largest absolute Gasteiger partial charge is 0.470 e. The van der Waals surface area contributed by atoms with E-state index in [1.165, 1.54) is 18.5 Å². The smallest absolute Gasteiger partial charge is 0.299 e. The third kappa shape index (κ3) is 4.98. The van der Waals surface area contributed by atoms with Crippen molar-refractivity contribution >= 4 is 0 Å². The van der Waals surface area contributed by atoms with Gasteiger partial charge in [-0.05, 0) is 49.5 Å². The van der Waals surface area contributed by atoms with Crippen LogP contribution in [0.15, 0.2) is 49.5 Å². The molecule has 1 fully saturated rings. The lowest BCUT2D eigenvalue weighted by Crippen LogP contribution is -2.23. The first-order valence-corrected chi connectivity index (χ1v) is 9.48. The number of aromatic nitrogens is 2. The van der Waals surface area contributed by atoms with Crippen LogP contribution in [0, 0.1) is 24.5 Å². The van der Waals surface area contributed by atoms with E-state index in [1.54, 1.807) is 6.92 Å². The van der Waals surface area contributed by atoms with Gasteiger partial charge in [-0.2, -0.15) is 8.78 Å². The number of halogens is 4. The number of allylic oxidation sites excluding steroid dienone is 1. The van der Waals surface area contributed by atoms with Crippen LogP contribution in [0.3, 0.4) is 0 Å². The van der Waals surface area contributed by atoms with Crippen LogP contribution in [0.25, 0.3) is 0 Å². The van der Waals surface area contributed by atoms with E-state index in [9.17, 15) is 17.6 Å². The van der Waals surface area contributed by atoms with Gasteiger partial charge in [0.05, 0.1) is 24.1 Å². The minimum Gasteiger partial charge on any atom is -0.470 e. The molecule has 1 aromatic carbocycles. The molecular weight excluding hydrogens is 398 g/mol. The van der Waals surface area contributed by atoms with Crippen molar-refractivity contribution in [2.45, 2.75) is 38.2 Å². The zero-order valence-electron chi connectivity index (χ0n) is 16.8. The summed E-state index contributed by atoms with van der Waals surface area (Å²) in [5, 5.41) is 3.23. The van der Waals surface area contributed by atoms with Crippen LogP contribution >= 0.6 is 0 Å². The number of hydrogen-bond acceptors (Lipinski definition) is 4. The van der Waals surface area contributed by atoms with E-state index in [0.717, 1.165) is 18.2 Å². The Kier molecular flexibility index (Phi) is 6.14. The number of alkyl halides is 2. The fraction of sp³-hybridized carbons (Fsp3) is 0.364. The minimum atomic E-state index is -3.14. The van der Waals surface area contributed by atoms with E-state index in [-0.39, 0.29) is 23.8 Å². The number of benzene rings is 1. The zero-order chi connectivity index (χ0) is 22.1. The molecule has 0 radical (unpaired) electrons. The van der Waals surface area contributed by atoms with Crippen molar-refractivity contribution < 1.29 is 22.3 Å². The van der Waals surface area contributed by atoms with E-state index in [1.807, 2.05) is 6.92 Å². The molecule has 1 heterocycles. The Labute approximate surface area is 172 Å². The van der Waals surface area contributed by atoms with Gasteiger partial charge in [0, 0.05) is 17.7 Å². The van der Waals surface area contributed by atoms with Crippen molar-refractivity contribution in [1.82, 2.24) is 15.3 Å². The standard InChI is InChI=1S/C22H23F4N3O/c1-5-22(25,26)11-30-20-10-27-19(9-28-20)14(4)29-13(3)16-8-17(16)21-12(2)6-15(23)7-18(21)24/h5-7,9-10,14,16-17,29H,1,3,8,11H2,2,4H3/t14-,16?,17-/m1/s1. The molecule has 160 valence electrons. The van der Waals surface area contributed by atoms with Gasteiger partial charge in [0.15, 0.2) is 6.61 Å². The first kappa shape index (κ1) is 21.8. The molecule has 1 saturated carbocycles. The lowest BCUT2D eigenvalue weighted by molar-refractivity contribution is 0.00379. The number of ether oxygens (including phenoxy) is 1. The lowest BCUT2D eigenvalue weighted by Gasteiger charge is -2.17. The molecule has 1 aliphatic carbocycles. The van der Waals surface area contributed by atoms with Crippen molar-refractivity contribution in [1.29, 1.82) is 0 Å². The molecule has 3 rings (SSSR count). The van der Waals surface area contributed by atoms with E-state index in [4.69, 9.17) is 4.74 Å². The molecule has 1 aromatic heterocycles. The Morgan fingerprint density at radius 1 is 1.33 bits per heavy atom. The van der Waals surface area contributed by atoms with Crippen molar-refractivity contribution in [3.63, 3.8) is 0 Å². The molecule has 4 nitrogen and oxygen atoms in total. The molecule has 0 spiro atoms. The fourth-order valence-electron chi connectivity index (χ4n) is 3.39. The van der Waals surface area contributed by atoms with Gasteiger partial charge in [-0.1, -0.05) is 13.2 Å². The topological polar surface area (TPSA) is 47.0 Å². The van der Waals surface area contributed by atoms with Gasteiger partial charge < -0.3 is 10.1 Å². The molecule has 2 aromatic rings. The molecule has 0 bridgehead atoms. The molecular formula is C22H23F4N3O. The maximum atomic E-state index is 14.2. The van der Waals surface area contributed by atoms with Gasteiger partial charge in [-0.25, -0.2) is 13.8 Å². The van der Waals surface area contributed by atoms with Gasteiger partial charge >= 0.3 is 0 Å². The number of hydrogen-bond donors (Lipinski definition) is 1. The molecule has 3 atom stereocenters. The van der Waals surface area contributed by atoms with Crippen molar-refractivity contribution in [3.05, 3.63) is 77.9 Å². The predicted molar refractivity (Wildman–Crippen MR) is 105 cm³/mol. The summed E-state index contributed by atoms with van der Waals surface area (Å²) in [6.07, 6.45) is 3.93. The van der Waals surface area contributed by atoms with Gasteiger partial charge in [-0.15, -0.1) is 0 Å². The minimum absolute atomic E-state index is 0.0178. The van der Waals surface area contributed by atoms with Crippen molar-refractivity contribution in [2.75, 3.05) is 6.61 Å². The summed E-state index contributed by atoms with van der Waals surface area (Å²) in [4.78, 5) is 8.18. The normalized spacial score (nSPS) is 19.1. The molecule has 1 N–H and O–H groups in total. The number of nitrogens with one attached hydrogen (secondary N) is 1. The van der Waals surface area contributed by atoms with Gasteiger partial charge in [0.1, 0.15) is 11.6 Å². The number of aryl methyl sites for hydroxylation is 1. The molecule has 0 aliphatic heterocycles. The second-order valence-electron chi connectivity index (χ2n) is 7.49. The van der Waals surface area contributed by atoms with Crippen LogP contribution in [0.2, 0.25) is 0 Å². The van der Waals surface area contributed by atoms with Crippen molar-refractivity contribution in [3.8, 4) is 5.88 Å². The van der Waals surface area contributed by atoms with E-state index < -0.39 is 24.2 Å². The highest BCUT2D eigenvalue weighted by atomic mass is 19.3. The second-order valence-corrected chi connectivity index (χ2v) is 7.49. The third-order valence-electron chi connectivity index (χ3n) is 5.11. The maximum absolute atomic E-state index is 14.2. The van der Waals surface area contributed by atoms with E-state index in [2.05, 4.69) is 28.4 Å². The third-order valence-corrected chi connectivity index (χ3v) is 5.11.